The van der Waals surface area contributed by atoms with Crippen LogP contribution < -0.4 is 5.32 Å². The Kier molecular flexibility index (Phi) is 5.15. The summed E-state index contributed by atoms with van der Waals surface area (Å²) < 4.78 is 14.9. The monoisotopic (exact) mass is 346 g/mol. The van der Waals surface area contributed by atoms with E-state index in [2.05, 4.69) is 10.3 Å². The van der Waals surface area contributed by atoms with E-state index in [1.165, 1.54) is 12.1 Å². The highest BCUT2D eigenvalue weighted by atomic mass is 19.1. The molecule has 0 unspecified atom stereocenters. The summed E-state index contributed by atoms with van der Waals surface area (Å²) in [4.78, 5) is 18.6. The van der Waals surface area contributed by atoms with Crippen molar-refractivity contribution in [3.8, 4) is 0 Å². The number of hydrogen-bond acceptors (Lipinski definition) is 4. The van der Waals surface area contributed by atoms with Gasteiger partial charge in [0.15, 0.2) is 5.60 Å². The van der Waals surface area contributed by atoms with Gasteiger partial charge < -0.3 is 19.9 Å². The van der Waals surface area contributed by atoms with E-state index in [1.54, 1.807) is 23.2 Å². The minimum absolute atomic E-state index is 0.179. The Labute approximate surface area is 146 Å². The molecular formula is C18H23FN4O2. The van der Waals surface area contributed by atoms with Gasteiger partial charge in [0.25, 0.3) is 5.91 Å². The van der Waals surface area contributed by atoms with Crippen LogP contribution in [0.1, 0.15) is 24.2 Å². The van der Waals surface area contributed by atoms with Gasteiger partial charge in [-0.15, -0.1) is 0 Å². The lowest BCUT2D eigenvalue weighted by molar-refractivity contribution is -0.157. The molecule has 1 aliphatic rings. The number of piperidine rings is 1. The molecule has 0 saturated carbocycles. The van der Waals surface area contributed by atoms with Crippen molar-refractivity contribution >= 4 is 5.91 Å². The van der Waals surface area contributed by atoms with Gasteiger partial charge in [0.2, 0.25) is 0 Å². The molecule has 1 aromatic carbocycles. The van der Waals surface area contributed by atoms with Crippen molar-refractivity contribution in [1.82, 2.24) is 19.8 Å². The highest BCUT2D eigenvalue weighted by molar-refractivity contribution is 5.86. The molecular weight excluding hydrogens is 323 g/mol. The molecule has 1 atom stereocenters. The van der Waals surface area contributed by atoms with Crippen LogP contribution in [0.3, 0.4) is 0 Å². The second kappa shape index (κ2) is 7.33. The van der Waals surface area contributed by atoms with Crippen LogP contribution in [-0.4, -0.2) is 44.2 Å². The summed E-state index contributed by atoms with van der Waals surface area (Å²) in [7, 11) is 1.90. The van der Waals surface area contributed by atoms with E-state index < -0.39 is 5.60 Å². The minimum Gasteiger partial charge on any atom is -0.379 e. The fourth-order valence-corrected chi connectivity index (χ4v) is 3.14. The van der Waals surface area contributed by atoms with Gasteiger partial charge in [0.05, 0.1) is 6.54 Å². The number of imidazole rings is 1. The number of carbonyl (C=O) groups excluding carboxylic acids is 1. The van der Waals surface area contributed by atoms with E-state index in [0.717, 1.165) is 17.8 Å². The fourth-order valence-electron chi connectivity index (χ4n) is 3.14. The van der Waals surface area contributed by atoms with Crippen molar-refractivity contribution in [2.45, 2.75) is 31.5 Å². The number of rotatable bonds is 6. The van der Waals surface area contributed by atoms with Gasteiger partial charge in [0.1, 0.15) is 11.6 Å². The first kappa shape index (κ1) is 17.6. The number of nitrogens with one attached hydrogen (secondary N) is 1. The van der Waals surface area contributed by atoms with Gasteiger partial charge in [-0.2, -0.15) is 0 Å². The van der Waals surface area contributed by atoms with E-state index in [0.29, 0.717) is 26.1 Å². The standard InChI is InChI=1S/C18H23FN4O2/c1-22-10-8-21-16(22)11-20-13-18(25)7-2-9-23(17(18)24)12-14-3-5-15(19)6-4-14/h3-6,8,10,20,25H,2,7,9,11-13H2,1H3/t18-/m0/s1. The maximum absolute atomic E-state index is 13.0. The molecule has 7 heteroatoms. The van der Waals surface area contributed by atoms with Crippen molar-refractivity contribution < 1.29 is 14.3 Å². The van der Waals surface area contributed by atoms with Crippen LogP contribution >= 0.6 is 0 Å². The molecule has 1 aromatic heterocycles. The lowest BCUT2D eigenvalue weighted by atomic mass is 9.91. The Morgan fingerprint density at radius 3 is 2.80 bits per heavy atom. The summed E-state index contributed by atoms with van der Waals surface area (Å²) in [6.07, 6.45) is 4.72. The van der Waals surface area contributed by atoms with Crippen LogP contribution in [0, 0.1) is 5.82 Å². The summed E-state index contributed by atoms with van der Waals surface area (Å²) in [5, 5.41) is 13.9. The molecule has 1 amide bonds. The maximum atomic E-state index is 13.0. The van der Waals surface area contributed by atoms with Gasteiger partial charge in [-0.3, -0.25) is 4.79 Å². The number of amides is 1. The van der Waals surface area contributed by atoms with Gasteiger partial charge in [0, 0.05) is 39.1 Å². The average Bonchev–Trinajstić information content (AvgIpc) is 2.99. The second-order valence-electron chi connectivity index (χ2n) is 6.55. The first-order valence-corrected chi connectivity index (χ1v) is 8.41. The van der Waals surface area contributed by atoms with Gasteiger partial charge in [-0.25, -0.2) is 9.37 Å². The molecule has 2 N–H and O–H groups in total. The number of likely N-dealkylation sites (tertiary alicyclic amines) is 1. The van der Waals surface area contributed by atoms with E-state index in [4.69, 9.17) is 0 Å². The summed E-state index contributed by atoms with van der Waals surface area (Å²) >= 11 is 0. The van der Waals surface area contributed by atoms with E-state index in [1.807, 2.05) is 17.8 Å². The summed E-state index contributed by atoms with van der Waals surface area (Å²) in [6.45, 7) is 1.63. The van der Waals surface area contributed by atoms with Crippen LogP contribution in [0.15, 0.2) is 36.7 Å². The zero-order valence-corrected chi connectivity index (χ0v) is 14.3. The molecule has 134 valence electrons. The topological polar surface area (TPSA) is 70.4 Å². The molecule has 6 nitrogen and oxygen atoms in total. The Morgan fingerprint density at radius 1 is 1.36 bits per heavy atom. The molecule has 0 aliphatic carbocycles. The molecule has 25 heavy (non-hydrogen) atoms. The average molecular weight is 346 g/mol. The van der Waals surface area contributed by atoms with Crippen LogP contribution in [0.5, 0.6) is 0 Å². The van der Waals surface area contributed by atoms with Crippen molar-refractivity contribution in [3.05, 3.63) is 53.9 Å². The number of carbonyl (C=O) groups is 1. The van der Waals surface area contributed by atoms with Crippen molar-refractivity contribution in [3.63, 3.8) is 0 Å². The van der Waals surface area contributed by atoms with Crippen LogP contribution in [-0.2, 0) is 24.9 Å². The zero-order valence-electron chi connectivity index (χ0n) is 14.3. The predicted octanol–water partition coefficient (Wildman–Crippen LogP) is 1.20. The van der Waals surface area contributed by atoms with E-state index in [-0.39, 0.29) is 18.3 Å². The van der Waals surface area contributed by atoms with Gasteiger partial charge in [-0.05, 0) is 30.5 Å². The Morgan fingerprint density at radius 2 is 2.12 bits per heavy atom. The Hall–Kier alpha value is -2.25. The molecule has 1 aliphatic heterocycles. The lowest BCUT2D eigenvalue weighted by Crippen LogP contribution is -2.57. The second-order valence-corrected chi connectivity index (χ2v) is 6.55. The number of hydrogen-bond donors (Lipinski definition) is 2. The number of benzene rings is 1. The molecule has 3 rings (SSSR count). The molecule has 0 radical (unpaired) electrons. The largest absolute Gasteiger partial charge is 0.379 e. The molecule has 2 aromatic rings. The first-order chi connectivity index (χ1) is 12.0. The maximum Gasteiger partial charge on any atom is 0.256 e. The quantitative estimate of drug-likeness (QED) is 0.825. The van der Waals surface area contributed by atoms with Gasteiger partial charge >= 0.3 is 0 Å². The molecule has 0 spiro atoms. The summed E-state index contributed by atoms with van der Waals surface area (Å²) in [5.41, 5.74) is -0.566. The lowest BCUT2D eigenvalue weighted by Gasteiger charge is -2.38. The first-order valence-electron chi connectivity index (χ1n) is 8.41. The van der Waals surface area contributed by atoms with Crippen molar-refractivity contribution in [2.24, 2.45) is 7.05 Å². The third-order valence-corrected chi connectivity index (χ3v) is 4.61. The number of aryl methyl sites for hydroxylation is 1. The Balaban J connectivity index is 1.59. The van der Waals surface area contributed by atoms with Crippen molar-refractivity contribution in [2.75, 3.05) is 13.1 Å². The number of aromatic nitrogens is 2. The third kappa shape index (κ3) is 4.05. The smallest absolute Gasteiger partial charge is 0.256 e. The summed E-state index contributed by atoms with van der Waals surface area (Å²) in [6, 6.07) is 6.08. The summed E-state index contributed by atoms with van der Waals surface area (Å²) in [5.74, 6) is 0.258. The van der Waals surface area contributed by atoms with E-state index in [9.17, 15) is 14.3 Å². The highest BCUT2D eigenvalue weighted by Crippen LogP contribution is 2.24. The normalized spacial score (nSPS) is 20.9. The molecule has 0 bridgehead atoms. The Bertz CT molecular complexity index is 731. The van der Waals surface area contributed by atoms with Crippen LogP contribution in [0.25, 0.3) is 0 Å². The van der Waals surface area contributed by atoms with Gasteiger partial charge in [-0.1, -0.05) is 12.1 Å². The highest BCUT2D eigenvalue weighted by Gasteiger charge is 2.41. The fraction of sp³-hybridized carbons (Fsp3) is 0.444. The minimum atomic E-state index is -1.41. The van der Waals surface area contributed by atoms with Crippen molar-refractivity contribution in [1.29, 1.82) is 0 Å². The van der Waals surface area contributed by atoms with Crippen LogP contribution in [0.2, 0.25) is 0 Å². The molecule has 1 fully saturated rings. The predicted molar refractivity (Wildman–Crippen MR) is 90.9 cm³/mol. The van der Waals surface area contributed by atoms with E-state index >= 15 is 0 Å². The number of nitrogens with zero attached hydrogens (tertiary/aromatic N) is 3. The molecule has 2 heterocycles. The number of aliphatic hydroxyl groups is 1. The molecule has 1 saturated heterocycles. The zero-order chi connectivity index (χ0) is 17.9. The number of halogens is 1. The SMILES string of the molecule is Cn1ccnc1CNC[C@@]1(O)CCCN(Cc2ccc(F)cc2)C1=O. The van der Waals surface area contributed by atoms with Crippen LogP contribution in [0.4, 0.5) is 4.39 Å². The third-order valence-electron chi connectivity index (χ3n) is 4.61.